The average Bonchev–Trinajstić information content (AvgIpc) is 3.27. The maximum Gasteiger partial charge on any atom is 0.264 e. The van der Waals surface area contributed by atoms with Gasteiger partial charge in [-0.1, -0.05) is 11.2 Å². The number of rotatable bonds is 23. The molecule has 1 atom stereocenters. The van der Waals surface area contributed by atoms with E-state index in [1.165, 1.54) is 18.2 Å². The summed E-state index contributed by atoms with van der Waals surface area (Å²) in [6, 6.07) is 3.40. The molecule has 2 heterocycles. The number of piperidine rings is 1. The number of benzene rings is 1. The summed E-state index contributed by atoms with van der Waals surface area (Å²) in [7, 11) is 0. The molecule has 2 N–H and O–H groups in total. The van der Waals surface area contributed by atoms with E-state index in [0.29, 0.717) is 72.6 Å². The van der Waals surface area contributed by atoms with Crippen molar-refractivity contribution in [1.82, 2.24) is 10.2 Å². The number of ether oxygens (including phenoxy) is 6. The molecule has 2 aliphatic heterocycles. The highest BCUT2D eigenvalue weighted by Gasteiger charge is 2.45. The number of nitrogens with one attached hydrogen (secondary N) is 2. The van der Waals surface area contributed by atoms with Gasteiger partial charge in [0, 0.05) is 17.9 Å². The van der Waals surface area contributed by atoms with Gasteiger partial charge in [0.1, 0.15) is 6.04 Å². The second kappa shape index (κ2) is 20.1. The molecule has 0 saturated carbocycles. The van der Waals surface area contributed by atoms with Gasteiger partial charge in [0.2, 0.25) is 17.7 Å². The fourth-order valence-electron chi connectivity index (χ4n) is 4.35. The van der Waals surface area contributed by atoms with Crippen molar-refractivity contribution in [3.63, 3.8) is 0 Å². The lowest BCUT2D eigenvalue weighted by molar-refractivity contribution is -0.136. The van der Waals surface area contributed by atoms with Gasteiger partial charge in [-0.15, -0.1) is 0 Å². The molecule has 0 aliphatic carbocycles. The van der Waals surface area contributed by atoms with Crippen LogP contribution in [0.4, 0.5) is 5.69 Å². The molecular weight excluding hydrogens is 596 g/mol. The Balaban J connectivity index is 1.18. The standard InChI is InChI=1S/C28H38N6O11/c29-33-30-7-9-41-11-13-43-15-17-45-19-18-44-16-14-42-12-10-40-8-6-24(36)31-21-3-1-2-20-25(21)28(39)34(27(20)38)22-4-5-23(35)32-26(22)37/h1-3,22H,4-19H2,(H,31,36)(H,32,35,37). The first-order chi connectivity index (χ1) is 21.9. The summed E-state index contributed by atoms with van der Waals surface area (Å²) >= 11 is 0. The molecule has 246 valence electrons. The van der Waals surface area contributed by atoms with Crippen LogP contribution in [0.5, 0.6) is 0 Å². The van der Waals surface area contributed by atoms with Crippen molar-refractivity contribution in [3.8, 4) is 0 Å². The van der Waals surface area contributed by atoms with Crippen LogP contribution in [0.25, 0.3) is 10.4 Å². The SMILES string of the molecule is [N-]=[N+]=NCCOCCOCCOCCOCCOCCOCCC(=O)Nc1cccc2c1C(=O)N(C1CCC(=O)NC1=O)C2=O. The summed E-state index contributed by atoms with van der Waals surface area (Å²) in [6.45, 7) is 4.67. The third-order valence-electron chi connectivity index (χ3n) is 6.47. The Labute approximate surface area is 259 Å². The second-order valence-electron chi connectivity index (χ2n) is 9.60. The molecule has 45 heavy (non-hydrogen) atoms. The smallest absolute Gasteiger partial charge is 0.264 e. The Morgan fingerprint density at radius 2 is 1.40 bits per heavy atom. The summed E-state index contributed by atoms with van der Waals surface area (Å²) < 4.78 is 32.2. The van der Waals surface area contributed by atoms with Crippen molar-refractivity contribution in [3.05, 3.63) is 39.8 Å². The first-order valence-electron chi connectivity index (χ1n) is 14.6. The lowest BCUT2D eigenvalue weighted by Crippen LogP contribution is -2.54. The highest BCUT2D eigenvalue weighted by atomic mass is 16.6. The van der Waals surface area contributed by atoms with Crippen LogP contribution in [-0.2, 0) is 42.8 Å². The first-order valence-corrected chi connectivity index (χ1v) is 14.6. The lowest BCUT2D eigenvalue weighted by atomic mass is 10.0. The molecule has 1 fully saturated rings. The minimum absolute atomic E-state index is 0.00344. The molecule has 17 nitrogen and oxygen atoms in total. The number of hydrogen-bond acceptors (Lipinski definition) is 12. The minimum Gasteiger partial charge on any atom is -0.379 e. The number of carbonyl (C=O) groups is 5. The summed E-state index contributed by atoms with van der Waals surface area (Å²) in [5.74, 6) is -2.93. The van der Waals surface area contributed by atoms with E-state index in [4.69, 9.17) is 34.0 Å². The van der Waals surface area contributed by atoms with Gasteiger partial charge >= 0.3 is 0 Å². The predicted octanol–water partition coefficient (Wildman–Crippen LogP) is 0.826. The zero-order valence-corrected chi connectivity index (χ0v) is 24.9. The molecule has 1 aromatic rings. The van der Waals surface area contributed by atoms with Gasteiger partial charge in [-0.3, -0.25) is 34.2 Å². The molecule has 0 radical (unpaired) electrons. The third-order valence-corrected chi connectivity index (χ3v) is 6.47. The van der Waals surface area contributed by atoms with Crippen LogP contribution in [0.2, 0.25) is 0 Å². The van der Waals surface area contributed by atoms with Gasteiger partial charge < -0.3 is 33.7 Å². The topological polar surface area (TPSA) is 217 Å². The van der Waals surface area contributed by atoms with E-state index in [0.717, 1.165) is 4.90 Å². The van der Waals surface area contributed by atoms with Crippen molar-refractivity contribution >= 4 is 35.2 Å². The van der Waals surface area contributed by atoms with Crippen LogP contribution in [0, 0.1) is 0 Å². The fraction of sp³-hybridized carbons (Fsp3) is 0.607. The maximum absolute atomic E-state index is 13.1. The van der Waals surface area contributed by atoms with Gasteiger partial charge in [-0.25, -0.2) is 0 Å². The van der Waals surface area contributed by atoms with Crippen molar-refractivity contribution < 1.29 is 52.4 Å². The molecule has 5 amide bonds. The fourth-order valence-corrected chi connectivity index (χ4v) is 4.35. The first kappa shape index (κ1) is 35.5. The van der Waals surface area contributed by atoms with Gasteiger partial charge in [-0.05, 0) is 24.1 Å². The van der Waals surface area contributed by atoms with Crippen molar-refractivity contribution in [2.45, 2.75) is 25.3 Å². The molecule has 0 spiro atoms. The molecule has 1 aromatic carbocycles. The van der Waals surface area contributed by atoms with Crippen LogP contribution in [0.3, 0.4) is 0 Å². The van der Waals surface area contributed by atoms with Crippen LogP contribution in [0.1, 0.15) is 40.0 Å². The number of carbonyl (C=O) groups excluding carboxylic acids is 5. The lowest BCUT2D eigenvalue weighted by Gasteiger charge is -2.27. The summed E-state index contributed by atoms with van der Waals surface area (Å²) in [5.41, 5.74) is 8.39. The van der Waals surface area contributed by atoms with E-state index in [2.05, 4.69) is 20.7 Å². The Kier molecular flexibility index (Phi) is 15.9. The summed E-state index contributed by atoms with van der Waals surface area (Å²) in [5, 5.41) is 8.15. The maximum atomic E-state index is 13.1. The van der Waals surface area contributed by atoms with Crippen molar-refractivity contribution in [1.29, 1.82) is 0 Å². The van der Waals surface area contributed by atoms with Crippen molar-refractivity contribution in [2.24, 2.45) is 5.11 Å². The minimum atomic E-state index is -1.09. The Morgan fingerprint density at radius 1 is 0.844 bits per heavy atom. The average molecular weight is 635 g/mol. The monoisotopic (exact) mass is 634 g/mol. The Bertz CT molecular complexity index is 1220. The molecule has 2 aliphatic rings. The highest BCUT2D eigenvalue weighted by molar-refractivity contribution is 6.26. The van der Waals surface area contributed by atoms with Gasteiger partial charge in [0.25, 0.3) is 11.8 Å². The molecule has 17 heteroatoms. The normalized spacial score (nSPS) is 16.0. The number of anilines is 1. The van der Waals surface area contributed by atoms with E-state index in [1.54, 1.807) is 0 Å². The van der Waals surface area contributed by atoms with Crippen LogP contribution in [0.15, 0.2) is 23.3 Å². The molecular formula is C28H38N6O11. The zero-order chi connectivity index (χ0) is 32.3. The van der Waals surface area contributed by atoms with Crippen LogP contribution < -0.4 is 10.6 Å². The predicted molar refractivity (Wildman–Crippen MR) is 155 cm³/mol. The van der Waals surface area contributed by atoms with E-state index >= 15 is 0 Å². The number of imide groups is 2. The zero-order valence-electron chi connectivity index (χ0n) is 24.9. The molecule has 1 unspecified atom stereocenters. The van der Waals surface area contributed by atoms with E-state index in [9.17, 15) is 24.0 Å². The van der Waals surface area contributed by atoms with Crippen molar-refractivity contribution in [2.75, 3.05) is 91.1 Å². The Morgan fingerprint density at radius 3 is 1.96 bits per heavy atom. The number of fused-ring (bicyclic) bond motifs is 1. The summed E-state index contributed by atoms with van der Waals surface area (Å²) in [6.07, 6.45) is 0.0606. The van der Waals surface area contributed by atoms with Gasteiger partial charge in [0.05, 0.1) is 103 Å². The quantitative estimate of drug-likeness (QED) is 0.0565. The number of nitrogens with zero attached hydrogens (tertiary/aromatic N) is 4. The van der Waals surface area contributed by atoms with E-state index < -0.39 is 35.6 Å². The summed E-state index contributed by atoms with van der Waals surface area (Å²) in [4.78, 5) is 65.7. The van der Waals surface area contributed by atoms with Gasteiger partial charge in [0.15, 0.2) is 0 Å². The molecule has 0 bridgehead atoms. The van der Waals surface area contributed by atoms with Crippen LogP contribution >= 0.6 is 0 Å². The third kappa shape index (κ3) is 11.8. The number of azide groups is 1. The van der Waals surface area contributed by atoms with Crippen LogP contribution in [-0.4, -0.2) is 126 Å². The number of hydrogen-bond donors (Lipinski definition) is 2. The number of amides is 5. The largest absolute Gasteiger partial charge is 0.379 e. The molecule has 0 aromatic heterocycles. The van der Waals surface area contributed by atoms with E-state index in [1.807, 2.05) is 0 Å². The second-order valence-corrected chi connectivity index (χ2v) is 9.60. The Hall–Kier alpha value is -3.96. The van der Waals surface area contributed by atoms with E-state index in [-0.39, 0.29) is 49.3 Å². The van der Waals surface area contributed by atoms with Gasteiger partial charge in [-0.2, -0.15) is 0 Å². The highest BCUT2D eigenvalue weighted by Crippen LogP contribution is 2.32. The molecule has 3 rings (SSSR count). The molecule has 1 saturated heterocycles.